The van der Waals surface area contributed by atoms with Crippen molar-refractivity contribution >= 4 is 22.9 Å². The number of fused-ring (bicyclic) bond motifs is 1. The first kappa shape index (κ1) is 16.0. The summed E-state index contributed by atoms with van der Waals surface area (Å²) < 4.78 is 2.22. The van der Waals surface area contributed by atoms with Crippen LogP contribution in [0.5, 0.6) is 0 Å². The number of amides is 1. The van der Waals surface area contributed by atoms with Crippen molar-refractivity contribution in [1.29, 1.82) is 0 Å². The SMILES string of the molecule is Cc1ccc(-c2nnc3n2CCCCC3)cc1NC(=O)c1cccs1. The van der Waals surface area contributed by atoms with Gasteiger partial charge in [0, 0.05) is 24.2 Å². The van der Waals surface area contributed by atoms with Crippen molar-refractivity contribution in [2.75, 3.05) is 5.32 Å². The molecule has 6 heteroatoms. The molecule has 1 aliphatic heterocycles. The van der Waals surface area contributed by atoms with Crippen LogP contribution in [0.1, 0.15) is 40.3 Å². The third kappa shape index (κ3) is 3.22. The minimum Gasteiger partial charge on any atom is -0.321 e. The molecular formula is C19H20N4OS. The van der Waals surface area contributed by atoms with Gasteiger partial charge in [-0.1, -0.05) is 24.6 Å². The summed E-state index contributed by atoms with van der Waals surface area (Å²) >= 11 is 1.44. The lowest BCUT2D eigenvalue weighted by Gasteiger charge is -2.11. The van der Waals surface area contributed by atoms with Gasteiger partial charge < -0.3 is 9.88 Å². The summed E-state index contributed by atoms with van der Waals surface area (Å²) in [5.41, 5.74) is 2.85. The highest BCUT2D eigenvalue weighted by molar-refractivity contribution is 7.12. The van der Waals surface area contributed by atoms with Crippen LogP contribution in [0.2, 0.25) is 0 Å². The van der Waals surface area contributed by atoms with Crippen LogP contribution >= 0.6 is 11.3 Å². The average Bonchev–Trinajstić information content (AvgIpc) is 3.23. The van der Waals surface area contributed by atoms with Gasteiger partial charge in [-0.15, -0.1) is 21.5 Å². The van der Waals surface area contributed by atoms with Crippen molar-refractivity contribution in [2.24, 2.45) is 0 Å². The lowest BCUT2D eigenvalue weighted by molar-refractivity contribution is 0.103. The molecule has 4 rings (SSSR count). The number of anilines is 1. The van der Waals surface area contributed by atoms with Gasteiger partial charge in [-0.05, 0) is 42.8 Å². The number of nitrogens with one attached hydrogen (secondary N) is 1. The predicted molar refractivity (Wildman–Crippen MR) is 100 cm³/mol. The summed E-state index contributed by atoms with van der Waals surface area (Å²) in [6.45, 7) is 2.96. The van der Waals surface area contributed by atoms with Crippen molar-refractivity contribution in [1.82, 2.24) is 14.8 Å². The Kier molecular flexibility index (Phi) is 4.36. The molecule has 5 nitrogen and oxygen atoms in total. The second-order valence-electron chi connectivity index (χ2n) is 6.36. The summed E-state index contributed by atoms with van der Waals surface area (Å²) in [6, 6.07) is 9.80. The molecule has 0 atom stereocenters. The van der Waals surface area contributed by atoms with Crippen LogP contribution in [-0.4, -0.2) is 20.7 Å². The van der Waals surface area contributed by atoms with Crippen LogP contribution in [0.4, 0.5) is 5.69 Å². The molecule has 3 heterocycles. The summed E-state index contributed by atoms with van der Waals surface area (Å²) in [5.74, 6) is 1.89. The van der Waals surface area contributed by atoms with Gasteiger partial charge in [0.05, 0.1) is 4.88 Å². The highest BCUT2D eigenvalue weighted by Crippen LogP contribution is 2.27. The van der Waals surface area contributed by atoms with Crippen LogP contribution in [0.3, 0.4) is 0 Å². The molecule has 0 saturated carbocycles. The van der Waals surface area contributed by atoms with Gasteiger partial charge in [-0.25, -0.2) is 0 Å². The van der Waals surface area contributed by atoms with Crippen molar-refractivity contribution < 1.29 is 4.79 Å². The molecule has 0 unspecified atom stereocenters. The molecule has 0 fully saturated rings. The number of hydrogen-bond acceptors (Lipinski definition) is 4. The minimum absolute atomic E-state index is 0.0738. The fourth-order valence-electron chi connectivity index (χ4n) is 3.19. The van der Waals surface area contributed by atoms with E-state index < -0.39 is 0 Å². The Balaban J connectivity index is 1.66. The zero-order chi connectivity index (χ0) is 17.2. The Bertz CT molecular complexity index is 898. The summed E-state index contributed by atoms with van der Waals surface area (Å²) in [5, 5.41) is 13.7. The topological polar surface area (TPSA) is 59.8 Å². The van der Waals surface area contributed by atoms with Crippen LogP contribution < -0.4 is 5.32 Å². The van der Waals surface area contributed by atoms with E-state index in [0.29, 0.717) is 4.88 Å². The molecular weight excluding hydrogens is 332 g/mol. The first-order valence-electron chi connectivity index (χ1n) is 8.60. The Labute approximate surface area is 150 Å². The molecule has 1 N–H and O–H groups in total. The zero-order valence-corrected chi connectivity index (χ0v) is 15.0. The smallest absolute Gasteiger partial charge is 0.265 e. The number of carbonyl (C=O) groups is 1. The third-order valence-electron chi connectivity index (χ3n) is 4.60. The maximum absolute atomic E-state index is 12.4. The maximum atomic E-state index is 12.4. The summed E-state index contributed by atoms with van der Waals surface area (Å²) in [7, 11) is 0. The Morgan fingerprint density at radius 2 is 2.12 bits per heavy atom. The fourth-order valence-corrected chi connectivity index (χ4v) is 3.80. The molecule has 1 amide bonds. The lowest BCUT2D eigenvalue weighted by atomic mass is 10.1. The number of aromatic nitrogens is 3. The second-order valence-corrected chi connectivity index (χ2v) is 7.31. The Hall–Kier alpha value is -2.47. The third-order valence-corrected chi connectivity index (χ3v) is 5.47. The highest BCUT2D eigenvalue weighted by Gasteiger charge is 2.17. The number of benzene rings is 1. The standard InChI is InChI=1S/C19H20N4OS/c1-13-8-9-14(12-15(13)20-19(24)16-6-5-11-25-16)18-22-21-17-7-3-2-4-10-23(17)18/h5-6,8-9,11-12H,2-4,7,10H2,1H3,(H,20,24). The Morgan fingerprint density at radius 1 is 1.20 bits per heavy atom. The van der Waals surface area contributed by atoms with Crippen LogP contribution in [-0.2, 0) is 13.0 Å². The van der Waals surface area contributed by atoms with Crippen LogP contribution in [0.15, 0.2) is 35.7 Å². The minimum atomic E-state index is -0.0738. The molecule has 0 spiro atoms. The van der Waals surface area contributed by atoms with Gasteiger partial charge >= 0.3 is 0 Å². The van der Waals surface area contributed by atoms with Crippen molar-refractivity contribution in [3.05, 3.63) is 52.0 Å². The lowest BCUT2D eigenvalue weighted by Crippen LogP contribution is -2.11. The molecule has 0 saturated heterocycles. The fraction of sp³-hybridized carbons (Fsp3) is 0.316. The number of hydrogen-bond donors (Lipinski definition) is 1. The Morgan fingerprint density at radius 3 is 2.96 bits per heavy atom. The van der Waals surface area contributed by atoms with Gasteiger partial charge in [-0.2, -0.15) is 0 Å². The van der Waals surface area contributed by atoms with E-state index >= 15 is 0 Å². The largest absolute Gasteiger partial charge is 0.321 e. The average molecular weight is 352 g/mol. The molecule has 0 bridgehead atoms. The number of nitrogens with zero attached hydrogens (tertiary/aromatic N) is 3. The number of thiophene rings is 1. The quantitative estimate of drug-likeness (QED) is 0.765. The monoisotopic (exact) mass is 352 g/mol. The normalized spacial score (nSPS) is 14.0. The second kappa shape index (κ2) is 6.80. The van der Waals surface area contributed by atoms with E-state index in [2.05, 4.69) is 26.1 Å². The van der Waals surface area contributed by atoms with E-state index in [1.54, 1.807) is 0 Å². The van der Waals surface area contributed by atoms with Gasteiger partial charge in [-0.3, -0.25) is 4.79 Å². The molecule has 0 aliphatic carbocycles. The molecule has 3 aromatic rings. The molecule has 128 valence electrons. The van der Waals surface area contributed by atoms with E-state index in [9.17, 15) is 4.79 Å². The van der Waals surface area contributed by atoms with E-state index in [4.69, 9.17) is 0 Å². The summed E-state index contributed by atoms with van der Waals surface area (Å²) in [6.07, 6.45) is 4.56. The van der Waals surface area contributed by atoms with Crippen LogP contribution in [0, 0.1) is 6.92 Å². The predicted octanol–water partition coefficient (Wildman–Crippen LogP) is 4.29. The van der Waals surface area contributed by atoms with E-state index in [1.807, 2.05) is 36.6 Å². The van der Waals surface area contributed by atoms with Crippen LogP contribution in [0.25, 0.3) is 11.4 Å². The van der Waals surface area contributed by atoms with E-state index in [0.717, 1.165) is 47.8 Å². The molecule has 25 heavy (non-hydrogen) atoms. The number of carbonyl (C=O) groups excluding carboxylic acids is 1. The first-order valence-corrected chi connectivity index (χ1v) is 9.48. The van der Waals surface area contributed by atoms with E-state index in [1.165, 1.54) is 24.2 Å². The van der Waals surface area contributed by atoms with Crippen molar-refractivity contribution in [2.45, 2.75) is 39.2 Å². The van der Waals surface area contributed by atoms with Gasteiger partial charge in [0.1, 0.15) is 5.82 Å². The molecule has 1 aliphatic rings. The van der Waals surface area contributed by atoms with Gasteiger partial charge in [0.25, 0.3) is 5.91 Å². The molecule has 0 radical (unpaired) electrons. The highest BCUT2D eigenvalue weighted by atomic mass is 32.1. The van der Waals surface area contributed by atoms with Crippen molar-refractivity contribution in [3.63, 3.8) is 0 Å². The van der Waals surface area contributed by atoms with E-state index in [-0.39, 0.29) is 5.91 Å². The van der Waals surface area contributed by atoms with Crippen molar-refractivity contribution in [3.8, 4) is 11.4 Å². The first-order chi connectivity index (χ1) is 12.2. The number of rotatable bonds is 3. The number of aryl methyl sites for hydroxylation is 2. The maximum Gasteiger partial charge on any atom is 0.265 e. The molecule has 1 aromatic carbocycles. The van der Waals surface area contributed by atoms with Gasteiger partial charge in [0.2, 0.25) is 0 Å². The summed E-state index contributed by atoms with van der Waals surface area (Å²) in [4.78, 5) is 13.1. The zero-order valence-electron chi connectivity index (χ0n) is 14.2. The van der Waals surface area contributed by atoms with Gasteiger partial charge in [0.15, 0.2) is 5.82 Å². The molecule has 2 aromatic heterocycles.